The number of ether oxygens (including phenoxy) is 1. The number of nitrogens with zero attached hydrogens (tertiary/aromatic N) is 3. The molecule has 0 bridgehead atoms. The van der Waals surface area contributed by atoms with E-state index >= 15 is 0 Å². The van der Waals surface area contributed by atoms with Crippen LogP contribution in [0.2, 0.25) is 0 Å². The van der Waals surface area contributed by atoms with Crippen molar-refractivity contribution >= 4 is 35.1 Å². The highest BCUT2D eigenvalue weighted by atomic mass is 32.2. The van der Waals surface area contributed by atoms with E-state index in [0.29, 0.717) is 32.7 Å². The van der Waals surface area contributed by atoms with Crippen molar-refractivity contribution in [2.45, 2.75) is 6.54 Å². The zero-order valence-corrected chi connectivity index (χ0v) is 17.8. The van der Waals surface area contributed by atoms with Gasteiger partial charge < -0.3 is 14.3 Å². The summed E-state index contributed by atoms with van der Waals surface area (Å²) in [5.41, 5.74) is 1.36. The van der Waals surface area contributed by atoms with E-state index in [1.165, 1.54) is 54.4 Å². The second-order valence-electron chi connectivity index (χ2n) is 6.69. The molecular formula is C23H18FN3O4S. The van der Waals surface area contributed by atoms with E-state index in [2.05, 4.69) is 10.2 Å². The largest absolute Gasteiger partial charge is 0.504 e. The van der Waals surface area contributed by atoms with Gasteiger partial charge >= 0.3 is 0 Å². The van der Waals surface area contributed by atoms with Crippen molar-refractivity contribution in [2.75, 3.05) is 7.11 Å². The van der Waals surface area contributed by atoms with Gasteiger partial charge in [-0.25, -0.2) is 4.39 Å². The Morgan fingerprint density at radius 1 is 1.19 bits per heavy atom. The Morgan fingerprint density at radius 2 is 1.97 bits per heavy atom. The third-order valence-electron chi connectivity index (χ3n) is 4.50. The van der Waals surface area contributed by atoms with Crippen LogP contribution in [0.15, 0.2) is 80.4 Å². The zero-order chi connectivity index (χ0) is 22.5. The van der Waals surface area contributed by atoms with Gasteiger partial charge in [0.2, 0.25) is 0 Å². The first-order valence-corrected chi connectivity index (χ1v) is 10.3. The molecule has 9 heteroatoms. The van der Waals surface area contributed by atoms with Gasteiger partial charge in [-0.05, 0) is 65.4 Å². The van der Waals surface area contributed by atoms with E-state index in [4.69, 9.17) is 9.15 Å². The second kappa shape index (κ2) is 9.52. The van der Waals surface area contributed by atoms with Gasteiger partial charge in [-0.2, -0.15) is 5.10 Å². The van der Waals surface area contributed by atoms with Gasteiger partial charge in [0.05, 0.1) is 31.0 Å². The number of hydrogen-bond acceptors (Lipinski definition) is 7. The van der Waals surface area contributed by atoms with E-state index in [1.807, 2.05) is 0 Å². The quantitative estimate of drug-likeness (QED) is 0.335. The first-order valence-electron chi connectivity index (χ1n) is 9.51. The summed E-state index contributed by atoms with van der Waals surface area (Å²) in [6.07, 6.45) is 4.71. The fourth-order valence-electron chi connectivity index (χ4n) is 2.91. The van der Waals surface area contributed by atoms with Crippen LogP contribution in [0.3, 0.4) is 0 Å². The summed E-state index contributed by atoms with van der Waals surface area (Å²) in [5, 5.41) is 18.4. The normalized spacial score (nSPS) is 16.6. The lowest BCUT2D eigenvalue weighted by molar-refractivity contribution is -0.122. The SMILES string of the molecule is COc1cc(/C=C2\S/C(=N\N=C\c3ccc(F)cc3)N(Cc3ccco3)C2=O)ccc1O. The monoisotopic (exact) mass is 451 g/mol. The Balaban J connectivity index is 1.62. The van der Waals surface area contributed by atoms with Gasteiger partial charge in [0.1, 0.15) is 11.6 Å². The number of phenolic OH excluding ortho intramolecular Hbond substituents is 1. The number of phenols is 1. The third-order valence-corrected chi connectivity index (χ3v) is 5.50. The van der Waals surface area contributed by atoms with Crippen molar-refractivity contribution in [3.63, 3.8) is 0 Å². The third kappa shape index (κ3) is 4.89. The Hall–Kier alpha value is -3.85. The Bertz CT molecular complexity index is 1200. The molecule has 7 nitrogen and oxygen atoms in total. The standard InChI is InChI=1S/C23H18FN3O4S/c1-30-20-11-16(6-9-19(20)28)12-21-22(29)27(14-18-3-2-10-31-18)23(32-21)26-25-13-15-4-7-17(24)8-5-15/h2-13,28H,14H2,1H3/b21-12-,25-13+,26-23-. The molecule has 2 aromatic carbocycles. The molecule has 1 aromatic heterocycles. The molecule has 0 aliphatic carbocycles. The summed E-state index contributed by atoms with van der Waals surface area (Å²) in [5.74, 6) is 0.323. The molecular weight excluding hydrogens is 433 g/mol. The molecule has 4 rings (SSSR count). The highest BCUT2D eigenvalue weighted by Crippen LogP contribution is 2.35. The minimum absolute atomic E-state index is 0.0110. The van der Waals surface area contributed by atoms with Gasteiger partial charge in [-0.1, -0.05) is 18.2 Å². The summed E-state index contributed by atoms with van der Waals surface area (Å²) in [6, 6.07) is 14.1. The van der Waals surface area contributed by atoms with Crippen LogP contribution in [0.1, 0.15) is 16.9 Å². The average Bonchev–Trinajstić information content (AvgIpc) is 3.41. The predicted octanol–water partition coefficient (Wildman–Crippen LogP) is 4.64. The number of methoxy groups -OCH3 is 1. The number of carbonyl (C=O) groups is 1. The van der Waals surface area contributed by atoms with Crippen molar-refractivity contribution < 1.29 is 23.4 Å². The number of amidine groups is 1. The van der Waals surface area contributed by atoms with Crippen molar-refractivity contribution in [3.05, 3.63) is 88.5 Å². The molecule has 2 heterocycles. The minimum atomic E-state index is -0.337. The fraction of sp³-hybridized carbons (Fsp3) is 0.0870. The maximum atomic E-state index is 13.1. The van der Waals surface area contributed by atoms with Crippen molar-refractivity contribution in [1.29, 1.82) is 0 Å². The van der Waals surface area contributed by atoms with E-state index in [9.17, 15) is 14.3 Å². The molecule has 1 N–H and O–H groups in total. The van der Waals surface area contributed by atoms with Crippen LogP contribution in [0.4, 0.5) is 4.39 Å². The number of furan rings is 1. The smallest absolute Gasteiger partial charge is 0.267 e. The van der Waals surface area contributed by atoms with Gasteiger partial charge in [0.25, 0.3) is 5.91 Å². The van der Waals surface area contributed by atoms with E-state index in [-0.39, 0.29) is 24.0 Å². The Labute approximate surface area is 187 Å². The zero-order valence-electron chi connectivity index (χ0n) is 16.9. The molecule has 3 aromatic rings. The molecule has 32 heavy (non-hydrogen) atoms. The van der Waals surface area contributed by atoms with Gasteiger partial charge in [-0.15, -0.1) is 5.10 Å². The van der Waals surface area contributed by atoms with Crippen LogP contribution in [-0.4, -0.2) is 34.4 Å². The van der Waals surface area contributed by atoms with Crippen LogP contribution in [-0.2, 0) is 11.3 Å². The minimum Gasteiger partial charge on any atom is -0.504 e. The average molecular weight is 451 g/mol. The van der Waals surface area contributed by atoms with Gasteiger partial charge in [0.15, 0.2) is 16.7 Å². The number of amides is 1. The molecule has 0 radical (unpaired) electrons. The van der Waals surface area contributed by atoms with Crippen molar-refractivity contribution in [3.8, 4) is 11.5 Å². The summed E-state index contributed by atoms with van der Waals surface area (Å²) in [6.45, 7) is 0.194. The van der Waals surface area contributed by atoms with Crippen LogP contribution < -0.4 is 4.74 Å². The Kier molecular flexibility index (Phi) is 6.37. The summed E-state index contributed by atoms with van der Waals surface area (Å²) in [7, 11) is 1.45. The molecule has 0 spiro atoms. The van der Waals surface area contributed by atoms with Crippen LogP contribution in [0, 0.1) is 5.82 Å². The lowest BCUT2D eigenvalue weighted by Gasteiger charge is -2.12. The number of hydrogen-bond donors (Lipinski definition) is 1. The molecule has 1 fully saturated rings. The molecule has 1 saturated heterocycles. The number of halogens is 1. The molecule has 0 saturated carbocycles. The Morgan fingerprint density at radius 3 is 2.69 bits per heavy atom. The van der Waals surface area contributed by atoms with E-state index < -0.39 is 0 Å². The van der Waals surface area contributed by atoms with E-state index in [0.717, 1.165) is 0 Å². The van der Waals surface area contributed by atoms with Crippen molar-refractivity contribution in [2.24, 2.45) is 10.2 Å². The number of aromatic hydroxyl groups is 1. The number of benzene rings is 2. The van der Waals surface area contributed by atoms with Crippen LogP contribution in [0.25, 0.3) is 6.08 Å². The highest BCUT2D eigenvalue weighted by molar-refractivity contribution is 8.18. The summed E-state index contributed by atoms with van der Waals surface area (Å²) in [4.78, 5) is 15.0. The number of carbonyl (C=O) groups excluding carboxylic acids is 1. The maximum absolute atomic E-state index is 13.1. The lowest BCUT2D eigenvalue weighted by atomic mass is 10.2. The topological polar surface area (TPSA) is 87.6 Å². The highest BCUT2D eigenvalue weighted by Gasteiger charge is 2.34. The van der Waals surface area contributed by atoms with Crippen LogP contribution >= 0.6 is 11.8 Å². The van der Waals surface area contributed by atoms with E-state index in [1.54, 1.807) is 42.5 Å². The molecule has 1 amide bonds. The lowest BCUT2D eigenvalue weighted by Crippen LogP contribution is -2.28. The molecule has 162 valence electrons. The first kappa shape index (κ1) is 21.4. The molecule has 0 atom stereocenters. The second-order valence-corrected chi connectivity index (χ2v) is 7.70. The predicted molar refractivity (Wildman–Crippen MR) is 121 cm³/mol. The fourth-order valence-corrected chi connectivity index (χ4v) is 3.84. The number of rotatable bonds is 6. The summed E-state index contributed by atoms with van der Waals surface area (Å²) < 4.78 is 23.6. The molecule has 1 aliphatic rings. The summed E-state index contributed by atoms with van der Waals surface area (Å²) >= 11 is 1.17. The van der Waals surface area contributed by atoms with Gasteiger partial charge in [-0.3, -0.25) is 9.69 Å². The van der Waals surface area contributed by atoms with Crippen molar-refractivity contribution in [1.82, 2.24) is 4.90 Å². The van der Waals surface area contributed by atoms with Gasteiger partial charge in [0, 0.05) is 0 Å². The molecule has 1 aliphatic heterocycles. The van der Waals surface area contributed by atoms with Crippen LogP contribution in [0.5, 0.6) is 11.5 Å². The number of thioether (sulfide) groups is 1. The first-order chi connectivity index (χ1) is 15.5. The maximum Gasteiger partial charge on any atom is 0.267 e. The molecule has 0 unspecified atom stereocenters.